The van der Waals surface area contributed by atoms with Gasteiger partial charge in [-0.15, -0.1) is 24.0 Å². The Kier molecular flexibility index (Phi) is 8.22. The Morgan fingerprint density at radius 1 is 1.16 bits per heavy atom. The molecule has 1 amide bonds. The van der Waals surface area contributed by atoms with Crippen LogP contribution >= 0.6 is 24.0 Å². The lowest BCUT2D eigenvalue weighted by atomic mass is 9.86. The van der Waals surface area contributed by atoms with Gasteiger partial charge in [-0.25, -0.2) is 0 Å². The van der Waals surface area contributed by atoms with Crippen molar-refractivity contribution in [2.75, 3.05) is 19.6 Å². The van der Waals surface area contributed by atoms with Gasteiger partial charge in [0.1, 0.15) is 11.4 Å². The maximum Gasteiger partial charge on any atom is 0.287 e. The smallest absolute Gasteiger partial charge is 0.287 e. The van der Waals surface area contributed by atoms with Crippen molar-refractivity contribution in [3.63, 3.8) is 0 Å². The number of fused-ring (bicyclic) bond motifs is 1. The van der Waals surface area contributed by atoms with Crippen molar-refractivity contribution >= 4 is 35.8 Å². The molecule has 2 aromatic rings. The normalized spacial score (nSPS) is 19.1. The van der Waals surface area contributed by atoms with Crippen LogP contribution in [0.5, 0.6) is 5.75 Å². The van der Waals surface area contributed by atoms with Crippen LogP contribution in [0.15, 0.2) is 52.1 Å². The SMILES string of the molecule is CCNC(=NCCNC(=O)c1ccco1)NC1CC2(CCCC2)Oc2ccccc21.I. The Labute approximate surface area is 200 Å². The number of carbonyl (C=O) groups excluding carboxylic acids is 1. The van der Waals surface area contributed by atoms with Crippen molar-refractivity contribution in [2.45, 2.75) is 50.7 Å². The zero-order valence-corrected chi connectivity index (χ0v) is 20.2. The summed E-state index contributed by atoms with van der Waals surface area (Å²) in [5.74, 6) is 1.81. The minimum atomic E-state index is -0.227. The number of para-hydroxylation sites is 1. The third kappa shape index (κ3) is 5.72. The number of nitrogens with one attached hydrogen (secondary N) is 3. The Morgan fingerprint density at radius 2 is 1.97 bits per heavy atom. The summed E-state index contributed by atoms with van der Waals surface area (Å²) in [5.41, 5.74) is 1.10. The molecule has 1 atom stereocenters. The molecule has 1 aliphatic carbocycles. The summed E-state index contributed by atoms with van der Waals surface area (Å²) in [6, 6.07) is 11.8. The highest BCUT2D eigenvalue weighted by Gasteiger charge is 2.43. The van der Waals surface area contributed by atoms with Gasteiger partial charge < -0.3 is 25.1 Å². The van der Waals surface area contributed by atoms with Crippen molar-refractivity contribution in [1.82, 2.24) is 16.0 Å². The molecule has 0 radical (unpaired) electrons. The number of amides is 1. The highest BCUT2D eigenvalue weighted by atomic mass is 127. The van der Waals surface area contributed by atoms with Crippen molar-refractivity contribution in [3.05, 3.63) is 54.0 Å². The molecule has 1 aromatic heterocycles. The number of rotatable bonds is 6. The summed E-state index contributed by atoms with van der Waals surface area (Å²) in [6.07, 6.45) is 7.07. The summed E-state index contributed by atoms with van der Waals surface area (Å²) in [4.78, 5) is 16.6. The third-order valence-corrected chi connectivity index (χ3v) is 5.78. The zero-order chi connectivity index (χ0) is 20.8. The fraction of sp³-hybridized carbons (Fsp3) is 0.478. The van der Waals surface area contributed by atoms with Crippen LogP contribution in [-0.4, -0.2) is 37.1 Å². The molecule has 1 aliphatic heterocycles. The number of aliphatic imine (C=N–C) groups is 1. The second kappa shape index (κ2) is 10.9. The standard InChI is InChI=1S/C23H30N4O3.HI/c1-2-24-22(26-14-13-25-21(28)20-10-7-15-29-20)27-18-16-23(11-5-6-12-23)30-19-9-4-3-8-17(18)19;/h3-4,7-10,15,18H,2,5-6,11-14,16H2,1H3,(H,25,28)(H2,24,26,27);1H. The lowest BCUT2D eigenvalue weighted by molar-refractivity contribution is 0.0396. The molecule has 2 heterocycles. The average Bonchev–Trinajstić information content (AvgIpc) is 3.44. The van der Waals surface area contributed by atoms with E-state index in [2.05, 4.69) is 39.1 Å². The molecule has 0 saturated heterocycles. The van der Waals surface area contributed by atoms with Gasteiger partial charge in [-0.2, -0.15) is 0 Å². The molecule has 1 fully saturated rings. The van der Waals surface area contributed by atoms with Crippen molar-refractivity contribution in [3.8, 4) is 5.75 Å². The van der Waals surface area contributed by atoms with E-state index in [-0.39, 0.29) is 41.5 Å². The van der Waals surface area contributed by atoms with E-state index < -0.39 is 0 Å². The van der Waals surface area contributed by atoms with E-state index in [9.17, 15) is 4.79 Å². The summed E-state index contributed by atoms with van der Waals surface area (Å²) in [7, 11) is 0. The summed E-state index contributed by atoms with van der Waals surface area (Å²) in [6.45, 7) is 3.72. The number of nitrogens with zero attached hydrogens (tertiary/aromatic N) is 1. The largest absolute Gasteiger partial charge is 0.487 e. The first-order chi connectivity index (χ1) is 14.7. The van der Waals surface area contributed by atoms with Gasteiger partial charge in [0.25, 0.3) is 5.91 Å². The summed E-state index contributed by atoms with van der Waals surface area (Å²) < 4.78 is 11.6. The van der Waals surface area contributed by atoms with Gasteiger partial charge in [0.15, 0.2) is 11.7 Å². The number of ether oxygens (including phenoxy) is 1. The molecule has 8 heteroatoms. The quantitative estimate of drug-likeness (QED) is 0.224. The monoisotopic (exact) mass is 538 g/mol. The minimum Gasteiger partial charge on any atom is -0.487 e. The van der Waals surface area contributed by atoms with E-state index in [0.717, 1.165) is 37.5 Å². The Morgan fingerprint density at radius 3 is 2.71 bits per heavy atom. The summed E-state index contributed by atoms with van der Waals surface area (Å²) in [5, 5.41) is 9.76. The number of hydrogen-bond donors (Lipinski definition) is 3. The maximum absolute atomic E-state index is 12.0. The predicted molar refractivity (Wildman–Crippen MR) is 131 cm³/mol. The Hall–Kier alpha value is -2.23. The molecule has 0 bridgehead atoms. The van der Waals surface area contributed by atoms with Gasteiger partial charge >= 0.3 is 0 Å². The highest BCUT2D eigenvalue weighted by Crippen LogP contribution is 2.46. The third-order valence-electron chi connectivity index (χ3n) is 5.78. The van der Waals surface area contributed by atoms with Crippen molar-refractivity contribution in [1.29, 1.82) is 0 Å². The van der Waals surface area contributed by atoms with E-state index in [1.807, 2.05) is 13.0 Å². The van der Waals surface area contributed by atoms with Crippen LogP contribution < -0.4 is 20.7 Å². The van der Waals surface area contributed by atoms with E-state index >= 15 is 0 Å². The zero-order valence-electron chi connectivity index (χ0n) is 17.9. The first-order valence-electron chi connectivity index (χ1n) is 10.8. The Balaban J connectivity index is 0.00000272. The maximum atomic E-state index is 12.0. The first kappa shape index (κ1) is 23.4. The number of halogens is 1. The minimum absolute atomic E-state index is 0. The second-order valence-corrected chi connectivity index (χ2v) is 7.92. The molecule has 31 heavy (non-hydrogen) atoms. The Bertz CT molecular complexity index is 879. The van der Waals surface area contributed by atoms with E-state index in [1.165, 1.54) is 24.7 Å². The summed E-state index contributed by atoms with van der Waals surface area (Å²) >= 11 is 0. The van der Waals surface area contributed by atoms with Gasteiger partial charge in [0.2, 0.25) is 0 Å². The van der Waals surface area contributed by atoms with Crippen LogP contribution in [0.1, 0.15) is 61.2 Å². The number of furan rings is 1. The lowest BCUT2D eigenvalue weighted by Gasteiger charge is -2.40. The van der Waals surface area contributed by atoms with Crippen LogP contribution in [0, 0.1) is 0 Å². The molecule has 1 spiro atoms. The fourth-order valence-corrected chi connectivity index (χ4v) is 4.39. The van der Waals surface area contributed by atoms with Crippen LogP contribution in [0.4, 0.5) is 0 Å². The first-order valence-corrected chi connectivity index (χ1v) is 10.8. The highest BCUT2D eigenvalue weighted by molar-refractivity contribution is 14.0. The van der Waals surface area contributed by atoms with E-state index in [1.54, 1.807) is 12.1 Å². The van der Waals surface area contributed by atoms with Crippen molar-refractivity contribution < 1.29 is 13.9 Å². The predicted octanol–water partition coefficient (Wildman–Crippen LogP) is 4.02. The molecule has 1 saturated carbocycles. The van der Waals surface area contributed by atoms with Gasteiger partial charge in [-0.3, -0.25) is 9.79 Å². The van der Waals surface area contributed by atoms with Crippen LogP contribution in [0.3, 0.4) is 0 Å². The molecule has 2 aliphatic rings. The number of guanidine groups is 1. The molecular weight excluding hydrogens is 507 g/mol. The van der Waals surface area contributed by atoms with E-state index in [4.69, 9.17) is 9.15 Å². The second-order valence-electron chi connectivity index (χ2n) is 7.92. The average molecular weight is 538 g/mol. The fourth-order valence-electron chi connectivity index (χ4n) is 4.39. The van der Waals surface area contributed by atoms with E-state index in [0.29, 0.717) is 18.8 Å². The molecule has 3 N–H and O–H groups in total. The van der Waals surface area contributed by atoms with Gasteiger partial charge in [-0.05, 0) is 50.8 Å². The lowest BCUT2D eigenvalue weighted by Crippen LogP contribution is -2.46. The number of hydrogen-bond acceptors (Lipinski definition) is 4. The molecule has 1 aromatic carbocycles. The molecule has 4 rings (SSSR count). The van der Waals surface area contributed by atoms with Gasteiger partial charge in [0.05, 0.1) is 18.8 Å². The number of carbonyl (C=O) groups is 1. The van der Waals surface area contributed by atoms with Crippen LogP contribution in [-0.2, 0) is 0 Å². The molecule has 7 nitrogen and oxygen atoms in total. The van der Waals surface area contributed by atoms with Gasteiger partial charge in [-0.1, -0.05) is 18.2 Å². The topological polar surface area (TPSA) is 87.9 Å². The van der Waals surface area contributed by atoms with Gasteiger partial charge in [0, 0.05) is 25.1 Å². The van der Waals surface area contributed by atoms with Crippen LogP contribution in [0.2, 0.25) is 0 Å². The molecule has 168 valence electrons. The van der Waals surface area contributed by atoms with Crippen LogP contribution in [0.25, 0.3) is 0 Å². The molecular formula is C23H31IN4O3. The number of benzene rings is 1. The van der Waals surface area contributed by atoms with Crippen molar-refractivity contribution in [2.24, 2.45) is 4.99 Å². The molecule has 1 unspecified atom stereocenters.